The Labute approximate surface area is 187 Å². The lowest BCUT2D eigenvalue weighted by Gasteiger charge is -2.40. The quantitative estimate of drug-likeness (QED) is 0.466. The topological polar surface area (TPSA) is 68.5 Å². The first-order valence-corrected chi connectivity index (χ1v) is 10.9. The molecule has 0 saturated heterocycles. The summed E-state index contributed by atoms with van der Waals surface area (Å²) in [6, 6.07) is 7.74. The number of ketones is 1. The molecule has 1 aliphatic heterocycles. The number of furan rings is 1. The summed E-state index contributed by atoms with van der Waals surface area (Å²) in [6.45, 7) is 1.66. The van der Waals surface area contributed by atoms with E-state index < -0.39 is 23.2 Å². The van der Waals surface area contributed by atoms with Crippen LogP contribution in [0, 0.1) is 6.92 Å². The average molecular weight is 457 g/mol. The number of benzene rings is 2. The minimum atomic E-state index is -4.52. The molecule has 2 aliphatic rings. The fourth-order valence-corrected chi connectivity index (χ4v) is 4.99. The minimum absolute atomic E-state index is 0.00430. The average Bonchev–Trinajstić information content (AvgIpc) is 3.10. The Morgan fingerprint density at radius 1 is 1.09 bits per heavy atom. The van der Waals surface area contributed by atoms with Gasteiger partial charge < -0.3 is 14.5 Å². The normalized spacial score (nSPS) is 17.6. The Balaban J connectivity index is 1.49. The van der Waals surface area contributed by atoms with Crippen molar-refractivity contribution in [2.24, 2.45) is 0 Å². The molecule has 3 aromatic rings. The molecule has 1 N–H and O–H groups in total. The van der Waals surface area contributed by atoms with Gasteiger partial charge in [0.25, 0.3) is 5.91 Å². The van der Waals surface area contributed by atoms with Crippen molar-refractivity contribution >= 4 is 28.3 Å². The molecule has 0 atom stereocenters. The number of carbonyl (C=O) groups is 2. The summed E-state index contributed by atoms with van der Waals surface area (Å²) in [4.78, 5) is 26.1. The molecule has 8 heteroatoms. The number of fused-ring (bicyclic) bond motifs is 3. The number of hydrogen-bond acceptors (Lipinski definition) is 4. The SMILES string of the molecule is Cc1c(C(=O)Nc2cccc(C(F)(F)F)c2)oc2ccc3c(c12)C(=O)CC1(CCCCC1)O3. The van der Waals surface area contributed by atoms with Gasteiger partial charge in [-0.25, -0.2) is 0 Å². The van der Waals surface area contributed by atoms with Crippen LogP contribution < -0.4 is 10.1 Å². The number of hydrogen-bond donors (Lipinski definition) is 1. The van der Waals surface area contributed by atoms with Crippen LogP contribution in [0.25, 0.3) is 11.0 Å². The predicted molar refractivity (Wildman–Crippen MR) is 116 cm³/mol. The molecule has 0 bridgehead atoms. The summed E-state index contributed by atoms with van der Waals surface area (Å²) < 4.78 is 51.0. The van der Waals surface area contributed by atoms with Gasteiger partial charge in [-0.2, -0.15) is 13.2 Å². The molecule has 2 aromatic carbocycles. The number of halogens is 3. The molecule has 0 unspecified atom stereocenters. The van der Waals surface area contributed by atoms with Crippen LogP contribution in [-0.2, 0) is 6.18 Å². The second-order valence-electron chi connectivity index (χ2n) is 8.85. The number of amides is 1. The summed E-state index contributed by atoms with van der Waals surface area (Å²) in [7, 11) is 0. The largest absolute Gasteiger partial charge is 0.486 e. The van der Waals surface area contributed by atoms with Crippen LogP contribution in [0.1, 0.15) is 70.6 Å². The molecule has 2 heterocycles. The highest BCUT2D eigenvalue weighted by Crippen LogP contribution is 2.45. The number of rotatable bonds is 2. The molecule has 1 saturated carbocycles. The van der Waals surface area contributed by atoms with E-state index in [1.54, 1.807) is 19.1 Å². The van der Waals surface area contributed by atoms with Crippen molar-refractivity contribution < 1.29 is 31.9 Å². The third-order valence-corrected chi connectivity index (χ3v) is 6.56. The Hall–Kier alpha value is -3.29. The summed E-state index contributed by atoms with van der Waals surface area (Å²) >= 11 is 0. The van der Waals surface area contributed by atoms with E-state index in [1.807, 2.05) is 0 Å². The molecule has 1 fully saturated rings. The maximum atomic E-state index is 13.2. The molecule has 1 aromatic heterocycles. The molecule has 0 radical (unpaired) electrons. The first-order valence-electron chi connectivity index (χ1n) is 10.9. The van der Waals surface area contributed by atoms with E-state index in [1.165, 1.54) is 12.1 Å². The Morgan fingerprint density at radius 3 is 2.58 bits per heavy atom. The Bertz CT molecular complexity index is 1270. The summed E-state index contributed by atoms with van der Waals surface area (Å²) in [5, 5.41) is 2.97. The highest BCUT2D eigenvalue weighted by Gasteiger charge is 2.42. The van der Waals surface area contributed by atoms with Gasteiger partial charge >= 0.3 is 6.18 Å². The molecule has 1 spiro atoms. The fraction of sp³-hybridized carbons (Fsp3) is 0.360. The lowest BCUT2D eigenvalue weighted by Crippen LogP contribution is -2.43. The van der Waals surface area contributed by atoms with Crippen molar-refractivity contribution in [1.82, 2.24) is 0 Å². The van der Waals surface area contributed by atoms with E-state index in [4.69, 9.17) is 9.15 Å². The summed E-state index contributed by atoms with van der Waals surface area (Å²) in [6.07, 6.45) is 0.623. The highest BCUT2D eigenvalue weighted by atomic mass is 19.4. The molecule has 172 valence electrons. The zero-order valence-electron chi connectivity index (χ0n) is 18.0. The van der Waals surface area contributed by atoms with Crippen LogP contribution in [-0.4, -0.2) is 17.3 Å². The third kappa shape index (κ3) is 3.77. The molecule has 1 amide bonds. The first kappa shape index (κ1) is 21.6. The lowest BCUT2D eigenvalue weighted by atomic mass is 9.78. The number of aryl methyl sites for hydroxylation is 1. The van der Waals surface area contributed by atoms with E-state index in [9.17, 15) is 22.8 Å². The van der Waals surface area contributed by atoms with Gasteiger partial charge in [-0.3, -0.25) is 9.59 Å². The van der Waals surface area contributed by atoms with Crippen LogP contribution in [0.15, 0.2) is 40.8 Å². The standard InChI is InChI=1S/C25H22F3NO4/c1-14-20-18(8-9-19-21(20)17(30)13-24(33-19)10-3-2-4-11-24)32-22(14)23(31)29-16-7-5-6-15(12-16)25(26,27)28/h5-9,12H,2-4,10-11,13H2,1H3,(H,29,31). The molecule has 33 heavy (non-hydrogen) atoms. The Kier molecular flexibility index (Phi) is 4.99. The maximum Gasteiger partial charge on any atom is 0.416 e. The molecule has 5 nitrogen and oxygen atoms in total. The molecular formula is C25H22F3NO4. The predicted octanol–water partition coefficient (Wildman–Crippen LogP) is 6.68. The van der Waals surface area contributed by atoms with Gasteiger partial charge in [-0.15, -0.1) is 0 Å². The van der Waals surface area contributed by atoms with E-state index >= 15 is 0 Å². The van der Waals surface area contributed by atoms with E-state index in [0.717, 1.165) is 44.2 Å². The second-order valence-corrected chi connectivity index (χ2v) is 8.85. The van der Waals surface area contributed by atoms with Crippen molar-refractivity contribution in [2.75, 3.05) is 5.32 Å². The van der Waals surface area contributed by atoms with Gasteiger partial charge in [0.2, 0.25) is 0 Å². The van der Waals surface area contributed by atoms with Crippen molar-refractivity contribution in [3.63, 3.8) is 0 Å². The number of alkyl halides is 3. The van der Waals surface area contributed by atoms with Crippen LogP contribution in [0.4, 0.5) is 18.9 Å². The van der Waals surface area contributed by atoms with E-state index in [-0.39, 0.29) is 23.7 Å². The van der Waals surface area contributed by atoms with Gasteiger partial charge in [0.15, 0.2) is 11.5 Å². The number of Topliss-reactive ketones (excluding diaryl/α,β-unsaturated/α-hetero) is 1. The van der Waals surface area contributed by atoms with Crippen molar-refractivity contribution in [3.8, 4) is 5.75 Å². The van der Waals surface area contributed by atoms with Gasteiger partial charge in [0.1, 0.15) is 16.9 Å². The number of anilines is 1. The van der Waals surface area contributed by atoms with Crippen molar-refractivity contribution in [2.45, 2.75) is 57.2 Å². The third-order valence-electron chi connectivity index (χ3n) is 6.56. The van der Waals surface area contributed by atoms with E-state index in [0.29, 0.717) is 27.8 Å². The van der Waals surface area contributed by atoms with Gasteiger partial charge in [0.05, 0.1) is 17.5 Å². The van der Waals surface area contributed by atoms with E-state index in [2.05, 4.69) is 5.32 Å². The lowest BCUT2D eigenvalue weighted by molar-refractivity contribution is -0.137. The molecule has 1 aliphatic carbocycles. The summed E-state index contributed by atoms with van der Waals surface area (Å²) in [5.41, 5.74) is -0.120. The van der Waals surface area contributed by atoms with Crippen molar-refractivity contribution in [1.29, 1.82) is 0 Å². The zero-order valence-corrected chi connectivity index (χ0v) is 18.0. The zero-order chi connectivity index (χ0) is 23.4. The molecule has 5 rings (SSSR count). The van der Waals surface area contributed by atoms with Gasteiger partial charge in [0, 0.05) is 16.6 Å². The smallest absolute Gasteiger partial charge is 0.416 e. The van der Waals surface area contributed by atoms with Crippen LogP contribution in [0.2, 0.25) is 0 Å². The first-order chi connectivity index (χ1) is 15.7. The van der Waals surface area contributed by atoms with Crippen molar-refractivity contribution in [3.05, 3.63) is 58.8 Å². The second kappa shape index (κ2) is 7.64. The minimum Gasteiger partial charge on any atom is -0.486 e. The van der Waals surface area contributed by atoms with Gasteiger partial charge in [-0.1, -0.05) is 12.5 Å². The highest BCUT2D eigenvalue weighted by molar-refractivity contribution is 6.14. The van der Waals surface area contributed by atoms with Crippen LogP contribution in [0.3, 0.4) is 0 Å². The Morgan fingerprint density at radius 2 is 1.85 bits per heavy atom. The summed E-state index contributed by atoms with van der Waals surface area (Å²) in [5.74, 6) is -0.293. The van der Waals surface area contributed by atoms with Crippen LogP contribution >= 0.6 is 0 Å². The number of nitrogens with one attached hydrogen (secondary N) is 1. The van der Waals surface area contributed by atoms with Gasteiger partial charge in [-0.05, 0) is 62.9 Å². The van der Waals surface area contributed by atoms with Crippen LogP contribution in [0.5, 0.6) is 5.75 Å². The monoisotopic (exact) mass is 457 g/mol. The molecular weight excluding hydrogens is 435 g/mol. The number of carbonyl (C=O) groups excluding carboxylic acids is 2. The number of ether oxygens (including phenoxy) is 1. The fourth-order valence-electron chi connectivity index (χ4n) is 4.99. The maximum absolute atomic E-state index is 13.2.